The van der Waals surface area contributed by atoms with E-state index < -0.39 is 0 Å². The molecule has 0 saturated carbocycles. The van der Waals surface area contributed by atoms with Crippen molar-refractivity contribution in [3.8, 4) is 39.4 Å². The van der Waals surface area contributed by atoms with Crippen molar-refractivity contribution in [2.75, 3.05) is 0 Å². The van der Waals surface area contributed by atoms with Gasteiger partial charge in [-0.05, 0) is 81.4 Å². The number of rotatable bonds is 5. The van der Waals surface area contributed by atoms with Crippen LogP contribution in [0.3, 0.4) is 0 Å². The highest BCUT2D eigenvalue weighted by Gasteiger charge is 2.27. The molecule has 2 nitrogen and oxygen atoms in total. The highest BCUT2D eigenvalue weighted by molar-refractivity contribution is 6.12. The molecule has 0 fully saturated rings. The van der Waals surface area contributed by atoms with Crippen LogP contribution in [0.25, 0.3) is 60.9 Å². The molecule has 0 N–H and O–H groups in total. The van der Waals surface area contributed by atoms with E-state index in [4.69, 9.17) is 4.74 Å². The molecule has 1 aliphatic heterocycles. The van der Waals surface area contributed by atoms with Crippen molar-refractivity contribution in [1.29, 1.82) is 0 Å². The molecule has 8 aromatic carbocycles. The molecule has 0 unspecified atom stereocenters. The zero-order valence-corrected chi connectivity index (χ0v) is 28.4. The zero-order valence-electron chi connectivity index (χ0n) is 28.4. The quantitative estimate of drug-likeness (QED) is 0.179. The van der Waals surface area contributed by atoms with E-state index in [0.29, 0.717) is 0 Å². The summed E-state index contributed by atoms with van der Waals surface area (Å²) in [7, 11) is 0. The monoisotopic (exact) mass is 663 g/mol. The fourth-order valence-corrected chi connectivity index (χ4v) is 7.82. The fraction of sp³-hybridized carbons (Fsp3) is 0. The number of fused-ring (bicyclic) bond motifs is 5. The molecule has 0 spiro atoms. The highest BCUT2D eigenvalue weighted by atomic mass is 16.5. The van der Waals surface area contributed by atoms with Gasteiger partial charge in [0.2, 0.25) is 0 Å². The minimum Gasteiger partial charge on any atom is -0.456 e. The largest absolute Gasteiger partial charge is 0.456 e. The van der Waals surface area contributed by atoms with Crippen LogP contribution in [0.4, 0.5) is 0 Å². The number of ether oxygens (including phenoxy) is 1. The number of hydrogen-bond donors (Lipinski definition) is 0. The van der Waals surface area contributed by atoms with E-state index in [9.17, 15) is 0 Å². The van der Waals surface area contributed by atoms with Gasteiger partial charge in [-0.15, -0.1) is 0 Å². The van der Waals surface area contributed by atoms with E-state index in [-0.39, 0.29) is 0 Å². The van der Waals surface area contributed by atoms with Crippen molar-refractivity contribution in [3.63, 3.8) is 0 Å². The minimum absolute atomic E-state index is 0.840. The maximum Gasteiger partial charge on any atom is 0.137 e. The molecule has 0 radical (unpaired) electrons. The number of hydrogen-bond acceptors (Lipinski definition) is 1. The third-order valence-corrected chi connectivity index (χ3v) is 10.2. The van der Waals surface area contributed by atoms with Crippen LogP contribution in [-0.2, 0) is 0 Å². The second-order valence-corrected chi connectivity index (χ2v) is 13.3. The maximum atomic E-state index is 6.80. The van der Waals surface area contributed by atoms with Gasteiger partial charge in [0.1, 0.15) is 11.5 Å². The normalized spacial score (nSPS) is 12.0. The Labute approximate surface area is 303 Å². The molecule has 0 saturated heterocycles. The van der Waals surface area contributed by atoms with Crippen LogP contribution in [0.5, 0.6) is 11.5 Å². The Balaban J connectivity index is 1.22. The summed E-state index contributed by atoms with van der Waals surface area (Å²) >= 11 is 0. The van der Waals surface area contributed by atoms with Crippen molar-refractivity contribution < 1.29 is 4.74 Å². The SMILES string of the molecule is c1ccc(C(=C2c3ccccc3Oc3cc(-n4c5ccc(-c6ccccc6)cc5c5cc(-c6ccccc6)ccc54)ccc32)c2ccccc2)cc1. The summed E-state index contributed by atoms with van der Waals surface area (Å²) in [5, 5.41) is 2.43. The van der Waals surface area contributed by atoms with Crippen LogP contribution in [0.15, 0.2) is 200 Å². The Morgan fingerprint density at radius 2 is 0.846 bits per heavy atom. The maximum absolute atomic E-state index is 6.80. The molecule has 0 amide bonds. The van der Waals surface area contributed by atoms with E-state index in [1.807, 2.05) is 0 Å². The van der Waals surface area contributed by atoms with Gasteiger partial charge in [0.25, 0.3) is 0 Å². The molecule has 1 aromatic heterocycles. The fourth-order valence-electron chi connectivity index (χ4n) is 7.82. The molecule has 0 atom stereocenters. The second kappa shape index (κ2) is 12.5. The minimum atomic E-state index is 0.840. The van der Waals surface area contributed by atoms with E-state index in [1.165, 1.54) is 55.3 Å². The standard InChI is InChI=1S/C50H33NO/c1-5-15-34(16-6-1)38-25-29-45-43(31-38)44-32-39(35-17-7-2-8-18-35)26-30-46(44)51(45)40-27-28-42-48(33-40)52-47-24-14-13-23-41(47)50(42)49(36-19-9-3-10-20-36)37-21-11-4-12-22-37/h1-33H. The predicted octanol–water partition coefficient (Wildman–Crippen LogP) is 13.2. The smallest absolute Gasteiger partial charge is 0.137 e. The molecule has 2 heterocycles. The van der Waals surface area contributed by atoms with Gasteiger partial charge in [-0.2, -0.15) is 0 Å². The molecule has 0 aliphatic carbocycles. The molecule has 10 rings (SSSR count). The molecule has 9 aromatic rings. The summed E-state index contributed by atoms with van der Waals surface area (Å²) < 4.78 is 9.18. The Morgan fingerprint density at radius 3 is 1.40 bits per heavy atom. The van der Waals surface area contributed by atoms with Gasteiger partial charge in [0.05, 0.1) is 11.0 Å². The van der Waals surface area contributed by atoms with E-state index >= 15 is 0 Å². The lowest BCUT2D eigenvalue weighted by Gasteiger charge is -2.27. The second-order valence-electron chi connectivity index (χ2n) is 13.3. The van der Waals surface area contributed by atoms with Crippen molar-refractivity contribution >= 4 is 33.0 Å². The third kappa shape index (κ3) is 5.04. The Hall–Kier alpha value is -6.90. The third-order valence-electron chi connectivity index (χ3n) is 10.2. The van der Waals surface area contributed by atoms with Gasteiger partial charge in [-0.1, -0.05) is 152 Å². The Kier molecular flexibility index (Phi) is 7.18. The van der Waals surface area contributed by atoms with Crippen molar-refractivity contribution in [1.82, 2.24) is 4.57 Å². The Bertz CT molecular complexity index is 2640. The van der Waals surface area contributed by atoms with Crippen molar-refractivity contribution in [2.24, 2.45) is 0 Å². The first kappa shape index (κ1) is 30.0. The average molecular weight is 664 g/mol. The van der Waals surface area contributed by atoms with Crippen LogP contribution < -0.4 is 4.74 Å². The first-order valence-electron chi connectivity index (χ1n) is 17.8. The van der Waals surface area contributed by atoms with Crippen LogP contribution in [0.2, 0.25) is 0 Å². The van der Waals surface area contributed by atoms with Crippen molar-refractivity contribution in [2.45, 2.75) is 0 Å². The molecule has 244 valence electrons. The number of aromatic nitrogens is 1. The molecule has 52 heavy (non-hydrogen) atoms. The van der Waals surface area contributed by atoms with Gasteiger partial charge in [-0.25, -0.2) is 0 Å². The van der Waals surface area contributed by atoms with Gasteiger partial charge in [0, 0.05) is 39.2 Å². The van der Waals surface area contributed by atoms with E-state index in [1.54, 1.807) is 0 Å². The van der Waals surface area contributed by atoms with Crippen molar-refractivity contribution in [3.05, 3.63) is 222 Å². The van der Waals surface area contributed by atoms with Crippen LogP contribution >= 0.6 is 0 Å². The Morgan fingerprint density at radius 1 is 0.365 bits per heavy atom. The lowest BCUT2D eigenvalue weighted by atomic mass is 9.84. The number of nitrogens with zero attached hydrogens (tertiary/aromatic N) is 1. The molecule has 0 bridgehead atoms. The summed E-state index contributed by atoms with van der Waals surface area (Å²) in [5.41, 5.74) is 15.0. The molecular formula is C50H33NO. The summed E-state index contributed by atoms with van der Waals surface area (Å²) in [6.07, 6.45) is 0. The van der Waals surface area contributed by atoms with Gasteiger partial charge >= 0.3 is 0 Å². The van der Waals surface area contributed by atoms with Crippen LogP contribution in [-0.4, -0.2) is 4.57 Å². The van der Waals surface area contributed by atoms with Crippen LogP contribution in [0, 0.1) is 0 Å². The highest BCUT2D eigenvalue weighted by Crippen LogP contribution is 2.49. The zero-order chi connectivity index (χ0) is 34.4. The van der Waals surface area contributed by atoms with Gasteiger partial charge in [0.15, 0.2) is 0 Å². The van der Waals surface area contributed by atoms with E-state index in [0.717, 1.165) is 39.3 Å². The lowest BCUT2D eigenvalue weighted by molar-refractivity contribution is 0.474. The summed E-state index contributed by atoms with van der Waals surface area (Å²) in [5.74, 6) is 1.70. The average Bonchev–Trinajstić information content (AvgIpc) is 3.55. The first-order valence-corrected chi connectivity index (χ1v) is 17.8. The number of benzene rings is 8. The molecule has 2 heteroatoms. The summed E-state index contributed by atoms with van der Waals surface area (Å²) in [6.45, 7) is 0. The van der Waals surface area contributed by atoms with E-state index in [2.05, 4.69) is 205 Å². The van der Waals surface area contributed by atoms with Crippen LogP contribution in [0.1, 0.15) is 22.3 Å². The summed E-state index contributed by atoms with van der Waals surface area (Å²) in [6, 6.07) is 71.5. The van der Waals surface area contributed by atoms with Gasteiger partial charge < -0.3 is 9.30 Å². The molecule has 1 aliphatic rings. The first-order chi connectivity index (χ1) is 25.8. The number of para-hydroxylation sites is 1. The lowest BCUT2D eigenvalue weighted by Crippen LogP contribution is -2.06. The summed E-state index contributed by atoms with van der Waals surface area (Å²) in [4.78, 5) is 0. The predicted molar refractivity (Wildman–Crippen MR) is 216 cm³/mol. The molecular weight excluding hydrogens is 631 g/mol. The van der Waals surface area contributed by atoms with Gasteiger partial charge in [-0.3, -0.25) is 0 Å². The topological polar surface area (TPSA) is 14.2 Å².